The van der Waals surface area contributed by atoms with Crippen LogP contribution >= 0.6 is 0 Å². The molecular weight excluding hydrogens is 385 g/mol. The summed E-state index contributed by atoms with van der Waals surface area (Å²) in [6.07, 6.45) is -4.55. The van der Waals surface area contributed by atoms with Crippen LogP contribution in [0.4, 0.5) is 18.9 Å². The first-order chi connectivity index (χ1) is 12.5. The number of hydrogen-bond acceptors (Lipinski definition) is 4. The van der Waals surface area contributed by atoms with Crippen molar-refractivity contribution in [2.45, 2.75) is 24.0 Å². The highest BCUT2D eigenvalue weighted by molar-refractivity contribution is 7.89. The minimum atomic E-state index is -4.55. The van der Waals surface area contributed by atoms with Crippen LogP contribution in [0.1, 0.15) is 12.5 Å². The quantitative estimate of drug-likeness (QED) is 0.778. The van der Waals surface area contributed by atoms with Crippen LogP contribution < -0.4 is 14.8 Å². The van der Waals surface area contributed by atoms with E-state index in [1.807, 2.05) is 0 Å². The molecule has 2 aromatic carbocycles. The van der Waals surface area contributed by atoms with Gasteiger partial charge in [0.2, 0.25) is 15.9 Å². The molecule has 0 aromatic heterocycles. The molecule has 6 nitrogen and oxygen atoms in total. The molecule has 146 valence electrons. The third-order valence-electron chi connectivity index (χ3n) is 3.55. The molecular formula is C17H17F3N2O4S. The van der Waals surface area contributed by atoms with Crippen molar-refractivity contribution in [3.8, 4) is 5.75 Å². The highest BCUT2D eigenvalue weighted by Crippen LogP contribution is 2.30. The summed E-state index contributed by atoms with van der Waals surface area (Å²) in [6.45, 7) is 1.28. The fourth-order valence-electron chi connectivity index (χ4n) is 2.13. The van der Waals surface area contributed by atoms with Crippen LogP contribution in [0.2, 0.25) is 0 Å². The SMILES string of the molecule is COc1ccc(S(=O)(=O)N[C@@H](C)C(=O)Nc2cccc(C(F)(F)F)c2)cc1. The first kappa shape index (κ1) is 20.7. The van der Waals surface area contributed by atoms with Crippen LogP contribution in [-0.4, -0.2) is 27.5 Å². The van der Waals surface area contributed by atoms with Crippen LogP contribution in [0.25, 0.3) is 0 Å². The Kier molecular flexibility index (Phi) is 6.11. The van der Waals surface area contributed by atoms with Gasteiger partial charge in [0, 0.05) is 5.69 Å². The Balaban J connectivity index is 2.08. The summed E-state index contributed by atoms with van der Waals surface area (Å²) < 4.78 is 69.9. The van der Waals surface area contributed by atoms with E-state index in [0.717, 1.165) is 18.2 Å². The van der Waals surface area contributed by atoms with Crippen LogP contribution in [-0.2, 0) is 21.0 Å². The molecule has 0 fully saturated rings. The van der Waals surface area contributed by atoms with Gasteiger partial charge in [0.1, 0.15) is 5.75 Å². The van der Waals surface area contributed by atoms with Crippen molar-refractivity contribution in [1.82, 2.24) is 4.72 Å². The molecule has 1 amide bonds. The van der Waals surface area contributed by atoms with Gasteiger partial charge in [0.05, 0.1) is 23.6 Å². The molecule has 0 bridgehead atoms. The van der Waals surface area contributed by atoms with Crippen LogP contribution in [0.5, 0.6) is 5.75 Å². The van der Waals surface area contributed by atoms with Gasteiger partial charge in [-0.15, -0.1) is 0 Å². The van der Waals surface area contributed by atoms with E-state index in [0.29, 0.717) is 5.75 Å². The zero-order chi connectivity index (χ0) is 20.2. The summed E-state index contributed by atoms with van der Waals surface area (Å²) in [5, 5.41) is 2.26. The van der Waals surface area contributed by atoms with E-state index >= 15 is 0 Å². The molecule has 2 N–H and O–H groups in total. The number of anilines is 1. The zero-order valence-corrected chi connectivity index (χ0v) is 15.2. The molecule has 0 unspecified atom stereocenters. The number of nitrogens with one attached hydrogen (secondary N) is 2. The van der Waals surface area contributed by atoms with Crippen molar-refractivity contribution in [3.05, 3.63) is 54.1 Å². The van der Waals surface area contributed by atoms with E-state index in [1.165, 1.54) is 44.4 Å². The zero-order valence-electron chi connectivity index (χ0n) is 14.4. The molecule has 0 aliphatic carbocycles. The normalized spacial score (nSPS) is 13.1. The molecule has 0 radical (unpaired) electrons. The lowest BCUT2D eigenvalue weighted by Gasteiger charge is -2.15. The fourth-order valence-corrected chi connectivity index (χ4v) is 3.34. The van der Waals surface area contributed by atoms with Crippen molar-refractivity contribution >= 4 is 21.6 Å². The molecule has 10 heteroatoms. The minimum absolute atomic E-state index is 0.0815. The number of ether oxygens (including phenoxy) is 1. The average Bonchev–Trinajstić information content (AvgIpc) is 2.61. The summed E-state index contributed by atoms with van der Waals surface area (Å²) in [5.74, 6) is -0.337. The summed E-state index contributed by atoms with van der Waals surface area (Å²) in [5.41, 5.74) is -1.02. The Morgan fingerprint density at radius 3 is 2.30 bits per heavy atom. The topological polar surface area (TPSA) is 84.5 Å². The summed E-state index contributed by atoms with van der Waals surface area (Å²) in [4.78, 5) is 12.1. The molecule has 27 heavy (non-hydrogen) atoms. The van der Waals surface area contributed by atoms with Gasteiger partial charge in [-0.25, -0.2) is 8.42 Å². The number of alkyl halides is 3. The number of carbonyl (C=O) groups is 1. The number of benzene rings is 2. The second-order valence-corrected chi connectivity index (χ2v) is 7.30. The maximum absolute atomic E-state index is 12.7. The second kappa shape index (κ2) is 7.97. The predicted molar refractivity (Wildman–Crippen MR) is 92.9 cm³/mol. The van der Waals surface area contributed by atoms with E-state index in [1.54, 1.807) is 0 Å². The van der Waals surface area contributed by atoms with Gasteiger partial charge in [-0.1, -0.05) is 6.07 Å². The van der Waals surface area contributed by atoms with Crippen molar-refractivity contribution in [3.63, 3.8) is 0 Å². The summed E-state index contributed by atoms with van der Waals surface area (Å²) >= 11 is 0. The van der Waals surface area contributed by atoms with Gasteiger partial charge in [-0.2, -0.15) is 17.9 Å². The predicted octanol–water partition coefficient (Wildman–Crippen LogP) is 3.02. The smallest absolute Gasteiger partial charge is 0.416 e. The van der Waals surface area contributed by atoms with E-state index in [4.69, 9.17) is 4.74 Å². The van der Waals surface area contributed by atoms with Gasteiger partial charge in [-0.05, 0) is 49.4 Å². The maximum atomic E-state index is 12.7. The van der Waals surface area contributed by atoms with Crippen LogP contribution in [0.15, 0.2) is 53.4 Å². The average molecular weight is 402 g/mol. The van der Waals surface area contributed by atoms with E-state index in [9.17, 15) is 26.4 Å². The van der Waals surface area contributed by atoms with Crippen molar-refractivity contribution in [1.29, 1.82) is 0 Å². The second-order valence-electron chi connectivity index (χ2n) is 5.59. The first-order valence-corrected chi connectivity index (χ1v) is 9.16. The standard InChI is InChI=1S/C17H17F3N2O4S/c1-11(22-27(24,25)15-8-6-14(26-2)7-9-15)16(23)21-13-5-3-4-12(10-13)17(18,19)20/h3-11,22H,1-2H3,(H,21,23)/t11-/m0/s1. The van der Waals surface area contributed by atoms with Crippen molar-refractivity contribution < 1.29 is 31.1 Å². The number of halogens is 3. The first-order valence-electron chi connectivity index (χ1n) is 7.67. The van der Waals surface area contributed by atoms with E-state index in [2.05, 4.69) is 10.0 Å². The third kappa shape index (κ3) is 5.44. The molecule has 0 saturated heterocycles. The molecule has 0 saturated carbocycles. The highest BCUT2D eigenvalue weighted by atomic mass is 32.2. The van der Waals surface area contributed by atoms with E-state index in [-0.39, 0.29) is 10.6 Å². The van der Waals surface area contributed by atoms with Gasteiger partial charge in [-0.3, -0.25) is 4.79 Å². The largest absolute Gasteiger partial charge is 0.497 e. The van der Waals surface area contributed by atoms with Gasteiger partial charge >= 0.3 is 6.18 Å². The molecule has 0 heterocycles. The Hall–Kier alpha value is -2.59. The maximum Gasteiger partial charge on any atom is 0.416 e. The Labute approximate surface area is 154 Å². The third-order valence-corrected chi connectivity index (χ3v) is 5.11. The Bertz CT molecular complexity index is 913. The van der Waals surface area contributed by atoms with E-state index < -0.39 is 33.7 Å². The summed E-state index contributed by atoms with van der Waals surface area (Å²) in [7, 11) is -2.57. The number of carbonyl (C=O) groups excluding carboxylic acids is 1. The van der Waals surface area contributed by atoms with Gasteiger partial charge in [0.25, 0.3) is 0 Å². The molecule has 2 aromatic rings. The fraction of sp³-hybridized carbons (Fsp3) is 0.235. The Morgan fingerprint density at radius 2 is 1.74 bits per heavy atom. The van der Waals surface area contributed by atoms with Crippen LogP contribution in [0, 0.1) is 0 Å². The lowest BCUT2D eigenvalue weighted by molar-refractivity contribution is -0.137. The number of sulfonamides is 1. The monoisotopic (exact) mass is 402 g/mol. The molecule has 2 rings (SSSR count). The number of hydrogen-bond donors (Lipinski definition) is 2. The molecule has 0 spiro atoms. The van der Waals surface area contributed by atoms with Crippen molar-refractivity contribution in [2.24, 2.45) is 0 Å². The van der Waals surface area contributed by atoms with Crippen LogP contribution in [0.3, 0.4) is 0 Å². The van der Waals surface area contributed by atoms with Crippen molar-refractivity contribution in [2.75, 3.05) is 12.4 Å². The number of methoxy groups -OCH3 is 1. The number of amides is 1. The van der Waals surface area contributed by atoms with Gasteiger partial charge < -0.3 is 10.1 Å². The Morgan fingerprint density at radius 1 is 1.11 bits per heavy atom. The summed E-state index contributed by atoms with van der Waals surface area (Å²) in [6, 6.07) is 8.34. The molecule has 1 atom stereocenters. The molecule has 0 aliphatic heterocycles. The molecule has 0 aliphatic rings. The van der Waals surface area contributed by atoms with Gasteiger partial charge in [0.15, 0.2) is 0 Å². The highest BCUT2D eigenvalue weighted by Gasteiger charge is 2.30. The minimum Gasteiger partial charge on any atom is -0.497 e. The number of rotatable bonds is 6. The lowest BCUT2D eigenvalue weighted by Crippen LogP contribution is -2.41. The lowest BCUT2D eigenvalue weighted by atomic mass is 10.2.